The molecule has 0 aliphatic rings. The maximum absolute atomic E-state index is 11.3. The Labute approximate surface area is 163 Å². The summed E-state index contributed by atoms with van der Waals surface area (Å²) in [5.41, 5.74) is 3.58. The summed E-state index contributed by atoms with van der Waals surface area (Å²) < 4.78 is 30.3. The molecule has 0 atom stereocenters. The number of sulfonamides is 1. The maximum Gasteiger partial charge on any atom is 0.238 e. The first-order chi connectivity index (χ1) is 12.9. The van der Waals surface area contributed by atoms with Gasteiger partial charge in [0, 0.05) is 18.1 Å². The maximum atomic E-state index is 11.3. The van der Waals surface area contributed by atoms with E-state index in [1.807, 2.05) is 12.3 Å². The Hall–Kier alpha value is -2.29. The normalized spacial score (nSPS) is 11.5. The number of thioether (sulfide) groups is 1. The lowest BCUT2D eigenvalue weighted by Crippen LogP contribution is -2.11. The van der Waals surface area contributed by atoms with Crippen molar-refractivity contribution in [3.05, 3.63) is 66.0 Å². The molecule has 0 amide bonds. The molecule has 1 heterocycles. The number of nitrogens with zero attached hydrogens (tertiary/aromatic N) is 2. The first-order valence-electron chi connectivity index (χ1n) is 8.34. The van der Waals surface area contributed by atoms with E-state index >= 15 is 0 Å². The van der Waals surface area contributed by atoms with Crippen LogP contribution < -0.4 is 9.88 Å². The largest absolute Gasteiger partial charge is 0.493 e. The van der Waals surface area contributed by atoms with Gasteiger partial charge >= 0.3 is 0 Å². The van der Waals surface area contributed by atoms with Gasteiger partial charge in [-0.05, 0) is 55.3 Å². The van der Waals surface area contributed by atoms with Crippen LogP contribution >= 0.6 is 11.8 Å². The molecule has 142 valence electrons. The molecule has 0 fully saturated rings. The second kappa shape index (κ2) is 8.16. The summed E-state index contributed by atoms with van der Waals surface area (Å²) in [5.74, 6) is 1.31. The highest BCUT2D eigenvalue weighted by atomic mass is 32.2. The van der Waals surface area contributed by atoms with Crippen LogP contribution in [0.2, 0.25) is 0 Å². The molecule has 0 unspecified atom stereocenters. The lowest BCUT2D eigenvalue weighted by atomic mass is 10.1. The Bertz CT molecular complexity index is 1030. The van der Waals surface area contributed by atoms with Gasteiger partial charge in [-0.2, -0.15) is 0 Å². The number of hydrogen-bond donors (Lipinski definition) is 1. The van der Waals surface area contributed by atoms with E-state index in [-0.39, 0.29) is 4.90 Å². The standard InChI is InChI=1S/C19H21N3O3S2/c1-14-4-3-5-18(15(14)2)22-11-10-21-19(22)26-13-12-25-16-6-8-17(9-7-16)27(20,23)24/h3-11H,12-13H2,1-2H3,(H2,20,23,24). The molecule has 0 bridgehead atoms. The van der Waals surface area contributed by atoms with Crippen LogP contribution in [0, 0.1) is 13.8 Å². The second-order valence-corrected chi connectivity index (χ2v) is 8.64. The summed E-state index contributed by atoms with van der Waals surface area (Å²) in [5, 5.41) is 5.98. The third-order valence-electron chi connectivity index (χ3n) is 4.18. The van der Waals surface area contributed by atoms with Crippen molar-refractivity contribution >= 4 is 21.8 Å². The van der Waals surface area contributed by atoms with Gasteiger partial charge in [-0.1, -0.05) is 23.9 Å². The fourth-order valence-electron chi connectivity index (χ4n) is 2.59. The fraction of sp³-hybridized carbons (Fsp3) is 0.211. The van der Waals surface area contributed by atoms with Crippen LogP contribution in [0.1, 0.15) is 11.1 Å². The number of imidazole rings is 1. The van der Waals surface area contributed by atoms with Gasteiger partial charge in [-0.15, -0.1) is 0 Å². The van der Waals surface area contributed by atoms with E-state index in [0.717, 1.165) is 10.8 Å². The van der Waals surface area contributed by atoms with Crippen LogP contribution in [-0.4, -0.2) is 30.3 Å². The Morgan fingerprint density at radius 1 is 1.15 bits per heavy atom. The van der Waals surface area contributed by atoms with Crippen molar-refractivity contribution < 1.29 is 13.2 Å². The number of rotatable bonds is 7. The third kappa shape index (κ3) is 4.71. The molecule has 0 aliphatic heterocycles. The van der Waals surface area contributed by atoms with Gasteiger partial charge in [0.15, 0.2) is 5.16 Å². The minimum absolute atomic E-state index is 0.0692. The monoisotopic (exact) mass is 403 g/mol. The van der Waals surface area contributed by atoms with Crippen LogP contribution in [0.15, 0.2) is 64.9 Å². The van der Waals surface area contributed by atoms with E-state index in [1.54, 1.807) is 30.1 Å². The van der Waals surface area contributed by atoms with Crippen LogP contribution in [-0.2, 0) is 10.0 Å². The summed E-state index contributed by atoms with van der Waals surface area (Å²) in [6.07, 6.45) is 3.74. The smallest absolute Gasteiger partial charge is 0.238 e. The van der Waals surface area contributed by atoms with E-state index in [2.05, 4.69) is 35.5 Å². The fourth-order valence-corrected chi connectivity index (χ4v) is 3.89. The zero-order valence-electron chi connectivity index (χ0n) is 15.1. The van der Waals surface area contributed by atoms with E-state index in [1.165, 1.54) is 23.3 Å². The molecule has 0 saturated carbocycles. The number of benzene rings is 2. The van der Waals surface area contributed by atoms with Crippen LogP contribution in [0.25, 0.3) is 5.69 Å². The molecular formula is C19H21N3O3S2. The average molecular weight is 404 g/mol. The Morgan fingerprint density at radius 2 is 1.89 bits per heavy atom. The Morgan fingerprint density at radius 3 is 2.59 bits per heavy atom. The molecule has 1 aromatic heterocycles. The quantitative estimate of drug-likeness (QED) is 0.483. The predicted octanol–water partition coefficient (Wildman–Crippen LogP) is 3.31. The lowest BCUT2D eigenvalue weighted by molar-refractivity contribution is 0.343. The lowest BCUT2D eigenvalue weighted by Gasteiger charge is -2.12. The molecule has 0 saturated heterocycles. The molecule has 2 N–H and O–H groups in total. The van der Waals surface area contributed by atoms with Crippen molar-refractivity contribution in [2.24, 2.45) is 5.14 Å². The molecule has 6 nitrogen and oxygen atoms in total. The highest BCUT2D eigenvalue weighted by Gasteiger charge is 2.10. The van der Waals surface area contributed by atoms with Gasteiger partial charge < -0.3 is 4.74 Å². The molecule has 0 radical (unpaired) electrons. The Balaban J connectivity index is 1.59. The molecular weight excluding hydrogens is 382 g/mol. The summed E-state index contributed by atoms with van der Waals surface area (Å²) in [4.78, 5) is 4.51. The Kier molecular flexibility index (Phi) is 5.88. The zero-order valence-corrected chi connectivity index (χ0v) is 16.8. The molecule has 2 aromatic carbocycles. The number of aryl methyl sites for hydroxylation is 1. The van der Waals surface area contributed by atoms with Gasteiger partial charge in [0.2, 0.25) is 10.0 Å². The summed E-state index contributed by atoms with van der Waals surface area (Å²) in [7, 11) is -3.68. The number of aromatic nitrogens is 2. The van der Waals surface area contributed by atoms with Crippen molar-refractivity contribution in [3.8, 4) is 11.4 Å². The first kappa shape index (κ1) is 19.5. The molecule has 0 spiro atoms. The van der Waals surface area contributed by atoms with E-state index in [9.17, 15) is 8.42 Å². The third-order valence-corrected chi connectivity index (χ3v) is 6.04. The molecule has 27 heavy (non-hydrogen) atoms. The zero-order chi connectivity index (χ0) is 19.4. The van der Waals surface area contributed by atoms with E-state index in [4.69, 9.17) is 9.88 Å². The van der Waals surface area contributed by atoms with Gasteiger partial charge in [0.25, 0.3) is 0 Å². The van der Waals surface area contributed by atoms with Crippen molar-refractivity contribution in [1.82, 2.24) is 9.55 Å². The van der Waals surface area contributed by atoms with Gasteiger partial charge in [0.1, 0.15) is 5.75 Å². The van der Waals surface area contributed by atoms with Crippen LogP contribution in [0.5, 0.6) is 5.75 Å². The topological polar surface area (TPSA) is 87.2 Å². The van der Waals surface area contributed by atoms with Crippen LogP contribution in [0.3, 0.4) is 0 Å². The van der Waals surface area contributed by atoms with Crippen LogP contribution in [0.4, 0.5) is 0 Å². The van der Waals surface area contributed by atoms with Crippen molar-refractivity contribution in [3.63, 3.8) is 0 Å². The number of ether oxygens (including phenoxy) is 1. The molecule has 8 heteroatoms. The van der Waals surface area contributed by atoms with E-state index in [0.29, 0.717) is 18.1 Å². The van der Waals surface area contributed by atoms with Crippen molar-refractivity contribution in [1.29, 1.82) is 0 Å². The average Bonchev–Trinajstić information content (AvgIpc) is 3.09. The number of primary sulfonamides is 1. The summed E-state index contributed by atoms with van der Waals surface area (Å²) in [6.45, 7) is 4.67. The first-order valence-corrected chi connectivity index (χ1v) is 10.9. The SMILES string of the molecule is Cc1cccc(-n2ccnc2SCCOc2ccc(S(N)(=O)=O)cc2)c1C. The highest BCUT2D eigenvalue weighted by Crippen LogP contribution is 2.24. The minimum Gasteiger partial charge on any atom is -0.493 e. The molecule has 3 rings (SSSR count). The predicted molar refractivity (Wildman–Crippen MR) is 107 cm³/mol. The summed E-state index contributed by atoms with van der Waals surface area (Å²) >= 11 is 1.60. The molecule has 0 aliphatic carbocycles. The van der Waals surface area contributed by atoms with Gasteiger partial charge in [-0.25, -0.2) is 18.5 Å². The second-order valence-electron chi connectivity index (χ2n) is 6.01. The number of hydrogen-bond acceptors (Lipinski definition) is 5. The highest BCUT2D eigenvalue weighted by molar-refractivity contribution is 7.99. The molecule has 3 aromatic rings. The summed E-state index contributed by atoms with van der Waals surface area (Å²) in [6, 6.07) is 12.3. The van der Waals surface area contributed by atoms with Crippen molar-refractivity contribution in [2.75, 3.05) is 12.4 Å². The minimum atomic E-state index is -3.68. The van der Waals surface area contributed by atoms with Crippen molar-refractivity contribution in [2.45, 2.75) is 23.9 Å². The number of nitrogens with two attached hydrogens (primary N) is 1. The van der Waals surface area contributed by atoms with Gasteiger partial charge in [0.05, 0.1) is 17.2 Å². The van der Waals surface area contributed by atoms with Gasteiger partial charge in [-0.3, -0.25) is 4.57 Å². The van der Waals surface area contributed by atoms with E-state index < -0.39 is 10.0 Å².